The zero-order valence-electron chi connectivity index (χ0n) is 11.4. The van der Waals surface area contributed by atoms with Gasteiger partial charge in [0.05, 0.1) is 0 Å². The van der Waals surface area contributed by atoms with Crippen LogP contribution < -0.4 is 22.3 Å². The van der Waals surface area contributed by atoms with Gasteiger partial charge < -0.3 is 11.1 Å². The first-order valence-electron chi connectivity index (χ1n) is 6.63. The maximum atomic E-state index is 11.9. The molecule has 1 saturated carbocycles. The van der Waals surface area contributed by atoms with Gasteiger partial charge in [-0.2, -0.15) is 0 Å². The Bertz CT molecular complexity index is 554. The molecule has 19 heavy (non-hydrogen) atoms. The minimum atomic E-state index is -0.417. The van der Waals surface area contributed by atoms with Gasteiger partial charge in [0.1, 0.15) is 0 Å². The minimum absolute atomic E-state index is 0.236. The molecule has 106 valence electrons. The standard InChI is InChI=1S/C12H21N5O2/c1-16-11(18)10(15-17(2)12(16)19)14-7-8-3-5-9(13)6-4-8/h8-9H,3-7,13H2,1-2H3,(H,14,15). The van der Waals surface area contributed by atoms with Gasteiger partial charge in [0, 0.05) is 26.7 Å². The Morgan fingerprint density at radius 3 is 2.53 bits per heavy atom. The molecule has 1 heterocycles. The molecule has 1 aliphatic carbocycles. The van der Waals surface area contributed by atoms with Crippen LogP contribution in [-0.4, -0.2) is 26.9 Å². The number of nitrogens with two attached hydrogens (primary N) is 1. The van der Waals surface area contributed by atoms with E-state index in [2.05, 4.69) is 10.4 Å². The van der Waals surface area contributed by atoms with Crippen molar-refractivity contribution in [3.05, 3.63) is 20.8 Å². The summed E-state index contributed by atoms with van der Waals surface area (Å²) in [5.41, 5.74) is 5.06. The number of nitrogens with one attached hydrogen (secondary N) is 1. The molecule has 1 fully saturated rings. The normalized spacial score (nSPS) is 23.3. The minimum Gasteiger partial charge on any atom is -0.364 e. The van der Waals surface area contributed by atoms with Gasteiger partial charge in [0.2, 0.25) is 5.82 Å². The highest BCUT2D eigenvalue weighted by Gasteiger charge is 2.19. The van der Waals surface area contributed by atoms with Gasteiger partial charge >= 0.3 is 5.69 Å². The third-order valence-electron chi connectivity index (χ3n) is 3.77. The van der Waals surface area contributed by atoms with Gasteiger partial charge in [-0.1, -0.05) is 0 Å². The number of nitrogens with zero attached hydrogens (tertiary/aromatic N) is 3. The van der Waals surface area contributed by atoms with Gasteiger partial charge in [-0.3, -0.25) is 9.36 Å². The summed E-state index contributed by atoms with van der Waals surface area (Å²) in [6.45, 7) is 0.702. The summed E-state index contributed by atoms with van der Waals surface area (Å²) in [5, 5.41) is 7.03. The Kier molecular flexibility index (Phi) is 4.04. The van der Waals surface area contributed by atoms with Crippen LogP contribution in [-0.2, 0) is 14.1 Å². The van der Waals surface area contributed by atoms with Crippen LogP contribution >= 0.6 is 0 Å². The number of rotatable bonds is 3. The summed E-state index contributed by atoms with van der Waals surface area (Å²) in [6.07, 6.45) is 4.20. The molecular formula is C12H21N5O2. The first kappa shape index (κ1) is 13.8. The molecule has 0 unspecified atom stereocenters. The monoisotopic (exact) mass is 267 g/mol. The van der Waals surface area contributed by atoms with Gasteiger partial charge in [0.25, 0.3) is 5.56 Å². The average molecular weight is 267 g/mol. The van der Waals surface area contributed by atoms with E-state index in [1.165, 1.54) is 18.8 Å². The van der Waals surface area contributed by atoms with Crippen molar-refractivity contribution >= 4 is 5.82 Å². The lowest BCUT2D eigenvalue weighted by molar-refractivity contribution is 0.338. The van der Waals surface area contributed by atoms with E-state index in [0.717, 1.165) is 30.3 Å². The van der Waals surface area contributed by atoms with Crippen LogP contribution in [0.2, 0.25) is 0 Å². The second-order valence-corrected chi connectivity index (χ2v) is 5.28. The molecule has 0 amide bonds. The first-order chi connectivity index (χ1) is 8.99. The van der Waals surface area contributed by atoms with E-state index >= 15 is 0 Å². The van der Waals surface area contributed by atoms with Crippen LogP contribution in [0.3, 0.4) is 0 Å². The van der Waals surface area contributed by atoms with E-state index in [1.807, 2.05) is 0 Å². The lowest BCUT2D eigenvalue weighted by Gasteiger charge is -2.26. The van der Waals surface area contributed by atoms with E-state index in [4.69, 9.17) is 5.73 Å². The Morgan fingerprint density at radius 2 is 1.89 bits per heavy atom. The largest absolute Gasteiger partial charge is 0.364 e. The Morgan fingerprint density at radius 1 is 1.26 bits per heavy atom. The summed E-state index contributed by atoms with van der Waals surface area (Å²) in [4.78, 5) is 23.4. The molecule has 0 atom stereocenters. The summed E-state index contributed by atoms with van der Waals surface area (Å²) in [5.74, 6) is 0.753. The second kappa shape index (κ2) is 5.56. The summed E-state index contributed by atoms with van der Waals surface area (Å²) >= 11 is 0. The molecule has 7 nitrogen and oxygen atoms in total. The first-order valence-corrected chi connectivity index (χ1v) is 6.63. The second-order valence-electron chi connectivity index (χ2n) is 5.28. The van der Waals surface area contributed by atoms with Crippen molar-refractivity contribution in [3.63, 3.8) is 0 Å². The number of hydrogen-bond acceptors (Lipinski definition) is 5. The predicted octanol–water partition coefficient (Wildman–Crippen LogP) is -0.592. The Labute approximate surface area is 111 Å². The van der Waals surface area contributed by atoms with Crippen LogP contribution in [0.4, 0.5) is 5.82 Å². The summed E-state index contributed by atoms with van der Waals surface area (Å²) in [6, 6.07) is 0.319. The zero-order chi connectivity index (χ0) is 14.0. The average Bonchev–Trinajstić information content (AvgIpc) is 2.41. The fraction of sp³-hybridized carbons (Fsp3) is 0.750. The van der Waals surface area contributed by atoms with Crippen molar-refractivity contribution in [2.24, 2.45) is 25.7 Å². The maximum Gasteiger partial charge on any atom is 0.346 e. The predicted molar refractivity (Wildman–Crippen MR) is 73.1 cm³/mol. The fourth-order valence-corrected chi connectivity index (χ4v) is 2.44. The van der Waals surface area contributed by atoms with Crippen molar-refractivity contribution in [1.82, 2.24) is 14.3 Å². The molecular weight excluding hydrogens is 246 g/mol. The van der Waals surface area contributed by atoms with Crippen LogP contribution in [0.15, 0.2) is 9.59 Å². The molecule has 7 heteroatoms. The lowest BCUT2D eigenvalue weighted by Crippen LogP contribution is -2.40. The van der Waals surface area contributed by atoms with Gasteiger partial charge in [-0.25, -0.2) is 9.48 Å². The number of anilines is 1. The molecule has 3 N–H and O–H groups in total. The molecule has 0 aromatic carbocycles. The molecule has 0 saturated heterocycles. The van der Waals surface area contributed by atoms with Crippen molar-refractivity contribution < 1.29 is 0 Å². The maximum absolute atomic E-state index is 11.9. The van der Waals surface area contributed by atoms with Crippen molar-refractivity contribution in [3.8, 4) is 0 Å². The van der Waals surface area contributed by atoms with E-state index in [1.54, 1.807) is 0 Å². The molecule has 1 aromatic rings. The molecule has 1 aliphatic rings. The number of hydrogen-bond donors (Lipinski definition) is 2. The van der Waals surface area contributed by atoms with E-state index in [0.29, 0.717) is 18.5 Å². The molecule has 2 rings (SSSR count). The Hall–Kier alpha value is -1.63. The van der Waals surface area contributed by atoms with Crippen LogP contribution in [0.25, 0.3) is 0 Å². The molecule has 0 aliphatic heterocycles. The quantitative estimate of drug-likeness (QED) is 0.763. The SMILES string of the molecule is Cn1nc(NCC2CCC(N)CC2)c(=O)n(C)c1=O. The highest BCUT2D eigenvalue weighted by atomic mass is 16.2. The van der Waals surface area contributed by atoms with Crippen molar-refractivity contribution in [2.45, 2.75) is 31.7 Å². The summed E-state index contributed by atoms with van der Waals surface area (Å²) < 4.78 is 2.23. The van der Waals surface area contributed by atoms with Crippen LogP contribution in [0.1, 0.15) is 25.7 Å². The highest BCUT2D eigenvalue weighted by Crippen LogP contribution is 2.22. The molecule has 0 radical (unpaired) electrons. The van der Waals surface area contributed by atoms with E-state index < -0.39 is 5.69 Å². The van der Waals surface area contributed by atoms with E-state index in [9.17, 15) is 9.59 Å². The van der Waals surface area contributed by atoms with Crippen LogP contribution in [0, 0.1) is 5.92 Å². The zero-order valence-corrected chi connectivity index (χ0v) is 11.4. The van der Waals surface area contributed by atoms with Gasteiger partial charge in [-0.05, 0) is 31.6 Å². The van der Waals surface area contributed by atoms with Gasteiger partial charge in [-0.15, -0.1) is 5.10 Å². The van der Waals surface area contributed by atoms with E-state index in [-0.39, 0.29) is 11.4 Å². The highest BCUT2D eigenvalue weighted by molar-refractivity contribution is 5.29. The Balaban J connectivity index is 2.04. The van der Waals surface area contributed by atoms with Crippen molar-refractivity contribution in [2.75, 3.05) is 11.9 Å². The molecule has 1 aromatic heterocycles. The topological polar surface area (TPSA) is 94.9 Å². The van der Waals surface area contributed by atoms with Crippen LogP contribution in [0.5, 0.6) is 0 Å². The lowest BCUT2D eigenvalue weighted by atomic mass is 9.86. The van der Waals surface area contributed by atoms with Gasteiger partial charge in [0.15, 0.2) is 0 Å². The number of aryl methyl sites for hydroxylation is 1. The smallest absolute Gasteiger partial charge is 0.346 e. The third-order valence-corrected chi connectivity index (χ3v) is 3.77. The summed E-state index contributed by atoms with van der Waals surface area (Å²) in [7, 11) is 2.99. The fourth-order valence-electron chi connectivity index (χ4n) is 2.44. The molecule has 0 bridgehead atoms. The number of aromatic nitrogens is 3. The molecule has 0 spiro atoms. The van der Waals surface area contributed by atoms with Crippen molar-refractivity contribution in [1.29, 1.82) is 0 Å². The third kappa shape index (κ3) is 3.04.